The Bertz CT molecular complexity index is 537. The molecule has 2 N–H and O–H groups in total. The minimum atomic E-state index is -3.40. The van der Waals surface area contributed by atoms with Crippen molar-refractivity contribution in [1.82, 2.24) is 10.0 Å². The van der Waals surface area contributed by atoms with Crippen LogP contribution in [0.3, 0.4) is 0 Å². The van der Waals surface area contributed by atoms with Gasteiger partial charge >= 0.3 is 0 Å². The van der Waals surface area contributed by atoms with E-state index in [1.165, 1.54) is 0 Å². The zero-order valence-corrected chi connectivity index (χ0v) is 13.0. The Morgan fingerprint density at radius 3 is 2.60 bits per heavy atom. The van der Waals surface area contributed by atoms with E-state index in [-0.39, 0.29) is 6.04 Å². The molecule has 0 radical (unpaired) electrons. The van der Waals surface area contributed by atoms with Crippen molar-refractivity contribution in [2.75, 3.05) is 6.54 Å². The number of sulfonamides is 1. The third-order valence-corrected chi connectivity index (χ3v) is 5.32. The fourth-order valence-corrected chi connectivity index (χ4v) is 4.09. The zero-order chi connectivity index (χ0) is 14.6. The molecule has 0 aliphatic heterocycles. The normalized spacial score (nSPS) is 22.5. The van der Waals surface area contributed by atoms with Crippen molar-refractivity contribution >= 4 is 10.0 Å². The van der Waals surface area contributed by atoms with Crippen LogP contribution in [0.15, 0.2) is 29.2 Å². The van der Waals surface area contributed by atoms with Crippen molar-refractivity contribution in [2.24, 2.45) is 5.92 Å². The summed E-state index contributed by atoms with van der Waals surface area (Å²) in [6.07, 6.45) is 2.91. The highest BCUT2D eigenvalue weighted by atomic mass is 32.2. The van der Waals surface area contributed by atoms with Crippen LogP contribution in [-0.4, -0.2) is 21.0 Å². The molecule has 1 aromatic rings. The van der Waals surface area contributed by atoms with Crippen molar-refractivity contribution < 1.29 is 8.42 Å². The van der Waals surface area contributed by atoms with Gasteiger partial charge in [-0.15, -0.1) is 0 Å². The first-order valence-corrected chi connectivity index (χ1v) is 8.82. The van der Waals surface area contributed by atoms with Crippen molar-refractivity contribution in [3.63, 3.8) is 0 Å². The smallest absolute Gasteiger partial charge is 0.241 e. The predicted molar refractivity (Wildman–Crippen MR) is 80.9 cm³/mol. The topological polar surface area (TPSA) is 58.2 Å². The van der Waals surface area contributed by atoms with Crippen molar-refractivity contribution in [3.05, 3.63) is 29.8 Å². The summed E-state index contributed by atoms with van der Waals surface area (Å²) in [5, 5.41) is 3.26. The molecule has 0 aromatic heterocycles. The summed E-state index contributed by atoms with van der Waals surface area (Å²) in [5.41, 5.74) is 0.834. The monoisotopic (exact) mass is 296 g/mol. The van der Waals surface area contributed by atoms with E-state index in [1.54, 1.807) is 12.1 Å². The van der Waals surface area contributed by atoms with Crippen LogP contribution in [0.4, 0.5) is 0 Å². The number of nitrogens with one attached hydrogen (secondary N) is 2. The van der Waals surface area contributed by atoms with Gasteiger partial charge < -0.3 is 5.32 Å². The summed E-state index contributed by atoms with van der Waals surface area (Å²) in [4.78, 5) is 0.406. The fourth-order valence-electron chi connectivity index (χ4n) is 2.59. The highest BCUT2D eigenvalue weighted by Gasteiger charge is 2.30. The fraction of sp³-hybridized carbons (Fsp3) is 0.600. The molecule has 1 aromatic carbocycles. The minimum Gasteiger partial charge on any atom is -0.313 e. The van der Waals surface area contributed by atoms with Gasteiger partial charge in [-0.25, -0.2) is 13.1 Å². The van der Waals surface area contributed by atoms with Crippen LogP contribution in [0.2, 0.25) is 0 Å². The predicted octanol–water partition coefficient (Wildman–Crippen LogP) is 2.26. The lowest BCUT2D eigenvalue weighted by Gasteiger charge is -2.33. The Morgan fingerprint density at radius 2 is 1.95 bits per heavy atom. The minimum absolute atomic E-state index is 0.103. The van der Waals surface area contributed by atoms with Crippen LogP contribution in [-0.2, 0) is 16.6 Å². The van der Waals surface area contributed by atoms with Crippen LogP contribution in [0.5, 0.6) is 0 Å². The standard InChI is InChI=1S/C15H24N2O2S/c1-3-8-16-11-13-6-4-5-7-15(13)20(18,19)17-14-9-12(2)10-14/h4-7,12,14,16-17H,3,8-11H2,1-2H3. The second kappa shape index (κ2) is 6.70. The van der Waals surface area contributed by atoms with E-state index in [1.807, 2.05) is 12.1 Å². The Kier molecular flexibility index (Phi) is 5.18. The van der Waals surface area contributed by atoms with Gasteiger partial charge in [0, 0.05) is 12.6 Å². The summed E-state index contributed by atoms with van der Waals surface area (Å²) < 4.78 is 27.7. The maximum Gasteiger partial charge on any atom is 0.241 e. The molecule has 1 saturated carbocycles. The molecule has 0 bridgehead atoms. The SMILES string of the molecule is CCCNCc1ccccc1S(=O)(=O)NC1CC(C)C1. The number of hydrogen-bond acceptors (Lipinski definition) is 3. The van der Waals surface area contributed by atoms with Crippen molar-refractivity contribution in [2.45, 2.75) is 50.6 Å². The van der Waals surface area contributed by atoms with Gasteiger partial charge in [0.25, 0.3) is 0 Å². The summed E-state index contributed by atoms with van der Waals surface area (Å²) >= 11 is 0. The second-order valence-corrected chi connectivity index (χ2v) is 7.36. The van der Waals surface area contributed by atoms with E-state index in [0.717, 1.165) is 31.4 Å². The molecule has 1 aliphatic rings. The van der Waals surface area contributed by atoms with E-state index in [0.29, 0.717) is 17.4 Å². The highest BCUT2D eigenvalue weighted by Crippen LogP contribution is 2.28. The second-order valence-electron chi connectivity index (χ2n) is 5.68. The molecule has 1 aliphatic carbocycles. The van der Waals surface area contributed by atoms with Crippen LogP contribution in [0, 0.1) is 5.92 Å². The van der Waals surface area contributed by atoms with E-state index in [2.05, 4.69) is 23.9 Å². The molecule has 0 unspecified atom stereocenters. The van der Waals surface area contributed by atoms with Gasteiger partial charge in [0.15, 0.2) is 0 Å². The lowest BCUT2D eigenvalue weighted by Crippen LogP contribution is -2.43. The van der Waals surface area contributed by atoms with Gasteiger partial charge in [-0.05, 0) is 43.4 Å². The van der Waals surface area contributed by atoms with Crippen molar-refractivity contribution in [3.8, 4) is 0 Å². The molecule has 1 fully saturated rings. The lowest BCUT2D eigenvalue weighted by molar-refractivity contribution is 0.270. The molecule has 0 saturated heterocycles. The van der Waals surface area contributed by atoms with Gasteiger partial charge in [0.1, 0.15) is 0 Å². The van der Waals surface area contributed by atoms with Gasteiger partial charge in [0.2, 0.25) is 10.0 Å². The molecule has 112 valence electrons. The Labute approximate surface area is 122 Å². The van der Waals surface area contributed by atoms with E-state index >= 15 is 0 Å². The summed E-state index contributed by atoms with van der Waals surface area (Å²) in [6.45, 7) is 5.72. The zero-order valence-electron chi connectivity index (χ0n) is 12.2. The molecule has 2 rings (SSSR count). The Balaban J connectivity index is 2.09. The Hall–Kier alpha value is -0.910. The van der Waals surface area contributed by atoms with E-state index in [9.17, 15) is 8.42 Å². The van der Waals surface area contributed by atoms with Gasteiger partial charge in [-0.3, -0.25) is 0 Å². The van der Waals surface area contributed by atoms with Gasteiger partial charge in [-0.2, -0.15) is 0 Å². The third kappa shape index (κ3) is 3.81. The Morgan fingerprint density at radius 1 is 1.25 bits per heavy atom. The van der Waals surface area contributed by atoms with Crippen LogP contribution in [0.25, 0.3) is 0 Å². The summed E-state index contributed by atoms with van der Waals surface area (Å²) in [7, 11) is -3.40. The first kappa shape index (κ1) is 15.5. The van der Waals surface area contributed by atoms with Crippen LogP contribution >= 0.6 is 0 Å². The van der Waals surface area contributed by atoms with Crippen molar-refractivity contribution in [1.29, 1.82) is 0 Å². The molecular weight excluding hydrogens is 272 g/mol. The largest absolute Gasteiger partial charge is 0.313 e. The van der Waals surface area contributed by atoms with Gasteiger partial charge in [0.05, 0.1) is 4.90 Å². The highest BCUT2D eigenvalue weighted by molar-refractivity contribution is 7.89. The molecule has 20 heavy (non-hydrogen) atoms. The third-order valence-electron chi connectivity index (χ3n) is 3.70. The summed E-state index contributed by atoms with van der Waals surface area (Å²) in [6, 6.07) is 7.33. The van der Waals surface area contributed by atoms with Gasteiger partial charge in [-0.1, -0.05) is 32.0 Å². The summed E-state index contributed by atoms with van der Waals surface area (Å²) in [5.74, 6) is 0.629. The quantitative estimate of drug-likeness (QED) is 0.759. The van der Waals surface area contributed by atoms with Crippen LogP contribution < -0.4 is 10.0 Å². The molecule has 0 heterocycles. The maximum absolute atomic E-state index is 12.5. The average Bonchev–Trinajstić information content (AvgIpc) is 2.37. The molecule has 5 heteroatoms. The molecule has 4 nitrogen and oxygen atoms in total. The molecule has 0 spiro atoms. The molecule has 0 atom stereocenters. The van der Waals surface area contributed by atoms with E-state index < -0.39 is 10.0 Å². The average molecular weight is 296 g/mol. The number of benzene rings is 1. The first-order chi connectivity index (χ1) is 9.53. The number of hydrogen-bond donors (Lipinski definition) is 2. The lowest BCUT2D eigenvalue weighted by atomic mass is 9.83. The maximum atomic E-state index is 12.5. The van der Waals surface area contributed by atoms with Crippen LogP contribution in [0.1, 0.15) is 38.7 Å². The number of rotatable bonds is 7. The van der Waals surface area contributed by atoms with E-state index in [4.69, 9.17) is 0 Å². The first-order valence-electron chi connectivity index (χ1n) is 7.34. The molecular formula is C15H24N2O2S. The molecule has 0 amide bonds.